The zero-order valence-corrected chi connectivity index (χ0v) is 18.1. The Labute approximate surface area is 186 Å². The number of phenols is 2. The van der Waals surface area contributed by atoms with E-state index in [4.69, 9.17) is 46.4 Å². The molecular weight excluding hydrogens is 482 g/mol. The van der Waals surface area contributed by atoms with Crippen LogP contribution in [0.3, 0.4) is 0 Å². The van der Waals surface area contributed by atoms with Crippen LogP contribution in [0.5, 0.6) is 11.5 Å². The number of hydrogen-bond acceptors (Lipinski definition) is 4. The van der Waals surface area contributed by atoms with Gasteiger partial charge in [-0.05, 0) is 30.3 Å². The number of rotatable bonds is 4. The van der Waals surface area contributed by atoms with E-state index in [2.05, 4.69) is 0 Å². The topological polar surface area (TPSA) is 94.8 Å². The maximum atomic E-state index is 13.0. The molecule has 29 heavy (non-hydrogen) atoms. The summed E-state index contributed by atoms with van der Waals surface area (Å²) in [5.41, 5.74) is -1.09. The molecule has 0 aromatic heterocycles. The van der Waals surface area contributed by atoms with Gasteiger partial charge >= 0.3 is 0 Å². The smallest absolute Gasteiger partial charge is 0.283 e. The maximum absolute atomic E-state index is 13.0. The minimum absolute atomic E-state index is 0.105. The molecule has 0 spiro atoms. The summed E-state index contributed by atoms with van der Waals surface area (Å²) in [6.45, 7) is 0. The molecule has 0 aliphatic heterocycles. The maximum Gasteiger partial charge on any atom is 0.283 e. The zero-order chi connectivity index (χ0) is 21.6. The van der Waals surface area contributed by atoms with Crippen molar-refractivity contribution in [1.82, 2.24) is 0 Å². The Hall–Kier alpha value is -1.67. The predicted molar refractivity (Wildman–Crippen MR) is 114 cm³/mol. The fourth-order valence-corrected chi connectivity index (χ4v) is 6.28. The molecule has 0 saturated carbocycles. The molecule has 0 saturated heterocycles. The van der Waals surface area contributed by atoms with Crippen molar-refractivity contribution in [2.75, 3.05) is 0 Å². The lowest BCUT2D eigenvalue weighted by Gasteiger charge is -2.35. The third kappa shape index (κ3) is 3.54. The molecule has 3 aromatic carbocycles. The molecule has 0 radical (unpaired) electrons. The first-order valence-electron chi connectivity index (χ1n) is 7.90. The second-order valence-electron chi connectivity index (χ2n) is 6.05. The predicted octanol–water partition coefficient (Wildman–Crippen LogP) is 5.89. The van der Waals surface area contributed by atoms with Crippen molar-refractivity contribution in [3.8, 4) is 11.5 Å². The van der Waals surface area contributed by atoms with Crippen molar-refractivity contribution >= 4 is 56.5 Å². The highest BCUT2D eigenvalue weighted by Crippen LogP contribution is 2.55. The molecular formula is C19H12Cl4O5S. The van der Waals surface area contributed by atoms with Gasteiger partial charge in [-0.3, -0.25) is 4.55 Å². The van der Waals surface area contributed by atoms with Crippen LogP contribution >= 0.6 is 46.4 Å². The van der Waals surface area contributed by atoms with Crippen molar-refractivity contribution < 1.29 is 23.2 Å². The van der Waals surface area contributed by atoms with E-state index in [-0.39, 0.29) is 31.2 Å². The van der Waals surface area contributed by atoms with Gasteiger partial charge in [0.05, 0.1) is 0 Å². The van der Waals surface area contributed by atoms with Crippen LogP contribution in [0.15, 0.2) is 54.6 Å². The summed E-state index contributed by atoms with van der Waals surface area (Å²) in [4.78, 5) is 0. The lowest BCUT2D eigenvalue weighted by molar-refractivity contribution is 0.428. The van der Waals surface area contributed by atoms with Crippen molar-refractivity contribution in [3.05, 3.63) is 91.4 Å². The molecule has 10 heteroatoms. The largest absolute Gasteiger partial charge is 0.508 e. The second-order valence-corrected chi connectivity index (χ2v) is 9.27. The van der Waals surface area contributed by atoms with Crippen molar-refractivity contribution in [3.63, 3.8) is 0 Å². The van der Waals surface area contributed by atoms with E-state index in [9.17, 15) is 23.2 Å². The van der Waals surface area contributed by atoms with E-state index in [1.165, 1.54) is 54.6 Å². The molecule has 3 N–H and O–H groups in total. The molecule has 1 unspecified atom stereocenters. The SMILES string of the molecule is O=S(=O)(O)C(c1ccccc1O)(c1c(O)cccc1Cl)c1c(Cl)cc(Cl)cc1Cl. The normalized spacial score (nSPS) is 13.8. The standard InChI is InChI=1S/C19H12Cl4O5S/c20-10-8-13(22)17(14(23)9-10)19(29(26,27)28,11-4-1-2-6-15(11)24)18-12(21)5-3-7-16(18)25/h1-9,24-25H,(H,26,27,28). The third-order valence-electron chi connectivity index (χ3n) is 4.37. The van der Waals surface area contributed by atoms with Gasteiger partial charge in [-0.1, -0.05) is 70.7 Å². The monoisotopic (exact) mass is 492 g/mol. The molecule has 0 heterocycles. The average molecular weight is 494 g/mol. The Morgan fingerprint density at radius 3 is 1.79 bits per heavy atom. The van der Waals surface area contributed by atoms with Gasteiger partial charge in [0.15, 0.2) is 4.75 Å². The summed E-state index contributed by atoms with van der Waals surface area (Å²) in [6, 6.07) is 11.6. The summed E-state index contributed by atoms with van der Waals surface area (Å²) in [5, 5.41) is 20.5. The van der Waals surface area contributed by atoms with Crippen LogP contribution in [-0.4, -0.2) is 23.2 Å². The minimum Gasteiger partial charge on any atom is -0.508 e. The van der Waals surface area contributed by atoms with Gasteiger partial charge in [-0.2, -0.15) is 8.42 Å². The number of para-hydroxylation sites is 1. The summed E-state index contributed by atoms with van der Waals surface area (Å²) in [5.74, 6) is -1.08. The van der Waals surface area contributed by atoms with Crippen LogP contribution in [0.2, 0.25) is 20.1 Å². The van der Waals surface area contributed by atoms with E-state index in [0.717, 1.165) is 0 Å². The molecule has 3 aromatic rings. The highest BCUT2D eigenvalue weighted by atomic mass is 35.5. The fourth-order valence-electron chi connectivity index (χ4n) is 3.30. The summed E-state index contributed by atoms with van der Waals surface area (Å²) < 4.78 is 33.9. The Morgan fingerprint density at radius 2 is 1.28 bits per heavy atom. The van der Waals surface area contributed by atoms with Gasteiger partial charge in [0.2, 0.25) is 0 Å². The van der Waals surface area contributed by atoms with Gasteiger partial charge in [0.25, 0.3) is 10.1 Å². The zero-order valence-electron chi connectivity index (χ0n) is 14.3. The summed E-state index contributed by atoms with van der Waals surface area (Å²) in [6.07, 6.45) is 0. The Bertz CT molecular complexity index is 1170. The van der Waals surface area contributed by atoms with E-state index >= 15 is 0 Å². The molecule has 0 aliphatic carbocycles. The summed E-state index contributed by atoms with van der Waals surface area (Å²) >= 11 is 24.9. The van der Waals surface area contributed by atoms with Crippen LogP contribution in [0.25, 0.3) is 0 Å². The Morgan fingerprint density at radius 1 is 0.724 bits per heavy atom. The number of hydrogen-bond donors (Lipinski definition) is 3. The first kappa shape index (κ1) is 22.0. The molecule has 152 valence electrons. The summed E-state index contributed by atoms with van der Waals surface area (Å²) in [7, 11) is -5.23. The molecule has 5 nitrogen and oxygen atoms in total. The van der Waals surface area contributed by atoms with E-state index in [1.54, 1.807) is 0 Å². The Kier molecular flexibility index (Phi) is 5.98. The first-order chi connectivity index (χ1) is 13.5. The molecule has 0 amide bonds. The van der Waals surface area contributed by atoms with Crippen molar-refractivity contribution in [2.45, 2.75) is 4.75 Å². The number of benzene rings is 3. The van der Waals surface area contributed by atoms with E-state index in [1.807, 2.05) is 0 Å². The van der Waals surface area contributed by atoms with E-state index < -0.39 is 31.9 Å². The quantitative estimate of drug-likeness (QED) is 0.311. The minimum atomic E-state index is -5.23. The lowest BCUT2D eigenvalue weighted by atomic mass is 9.82. The average Bonchev–Trinajstić information content (AvgIpc) is 2.58. The molecule has 1 atom stereocenters. The van der Waals surface area contributed by atoms with E-state index in [0.29, 0.717) is 0 Å². The van der Waals surface area contributed by atoms with Crippen LogP contribution in [0, 0.1) is 0 Å². The molecule has 0 bridgehead atoms. The number of phenolic OH excluding ortho intramolecular Hbond substituents is 2. The van der Waals surface area contributed by atoms with Crippen LogP contribution < -0.4 is 0 Å². The van der Waals surface area contributed by atoms with Gasteiger partial charge in [0.1, 0.15) is 11.5 Å². The van der Waals surface area contributed by atoms with Crippen LogP contribution in [0.4, 0.5) is 0 Å². The number of halogens is 4. The highest BCUT2D eigenvalue weighted by molar-refractivity contribution is 7.87. The first-order valence-corrected chi connectivity index (χ1v) is 10.9. The van der Waals surface area contributed by atoms with Crippen molar-refractivity contribution in [1.29, 1.82) is 0 Å². The Balaban J connectivity index is 2.71. The number of aromatic hydroxyl groups is 2. The molecule has 0 fully saturated rings. The van der Waals surface area contributed by atoms with Crippen LogP contribution in [0.1, 0.15) is 16.7 Å². The second kappa shape index (κ2) is 7.87. The van der Waals surface area contributed by atoms with Crippen LogP contribution in [-0.2, 0) is 14.9 Å². The van der Waals surface area contributed by atoms with Gasteiger partial charge in [0, 0.05) is 36.8 Å². The third-order valence-corrected chi connectivity index (χ3v) is 6.90. The van der Waals surface area contributed by atoms with Gasteiger partial charge in [-0.15, -0.1) is 0 Å². The molecule has 3 rings (SSSR count). The highest BCUT2D eigenvalue weighted by Gasteiger charge is 2.54. The van der Waals surface area contributed by atoms with Gasteiger partial charge < -0.3 is 10.2 Å². The fraction of sp³-hybridized carbons (Fsp3) is 0.0526. The lowest BCUT2D eigenvalue weighted by Crippen LogP contribution is -2.39. The molecule has 0 aliphatic rings. The van der Waals surface area contributed by atoms with Gasteiger partial charge in [-0.25, -0.2) is 0 Å². The van der Waals surface area contributed by atoms with Crippen molar-refractivity contribution in [2.24, 2.45) is 0 Å².